The highest BCUT2D eigenvalue weighted by molar-refractivity contribution is 5.85. The number of Topliss-reactive ketones (excluding diaryl/α,β-unsaturated/α-hetero) is 1. The topological polar surface area (TPSA) is 155 Å². The summed E-state index contributed by atoms with van der Waals surface area (Å²) in [5, 5.41) is 24.9. The molecule has 36 heavy (non-hydrogen) atoms. The summed E-state index contributed by atoms with van der Waals surface area (Å²) in [5.41, 5.74) is -6.54. The van der Waals surface area contributed by atoms with Crippen molar-refractivity contribution in [2.24, 2.45) is 17.8 Å². The number of fused-ring (bicyclic) bond motifs is 1. The first-order valence-electron chi connectivity index (χ1n) is 12.1. The summed E-state index contributed by atoms with van der Waals surface area (Å²) < 4.78 is 29.8. The van der Waals surface area contributed by atoms with E-state index in [-0.39, 0.29) is 18.6 Å². The van der Waals surface area contributed by atoms with Crippen LogP contribution in [0.4, 0.5) is 0 Å². The van der Waals surface area contributed by atoms with Crippen LogP contribution in [-0.4, -0.2) is 80.9 Å². The third kappa shape index (κ3) is 2.82. The van der Waals surface area contributed by atoms with Crippen molar-refractivity contribution in [1.29, 1.82) is 0 Å². The minimum atomic E-state index is -2.36. The van der Waals surface area contributed by atoms with Gasteiger partial charge in [0.15, 0.2) is 23.4 Å². The van der Waals surface area contributed by atoms with Crippen LogP contribution < -0.4 is 0 Å². The van der Waals surface area contributed by atoms with E-state index in [0.29, 0.717) is 5.57 Å². The van der Waals surface area contributed by atoms with Crippen molar-refractivity contribution in [3.05, 3.63) is 11.6 Å². The molecule has 5 rings (SSSR count). The fourth-order valence-corrected chi connectivity index (χ4v) is 7.76. The molecule has 11 heteroatoms. The van der Waals surface area contributed by atoms with Crippen LogP contribution in [0.25, 0.3) is 0 Å². The molecule has 2 spiro atoms. The van der Waals surface area contributed by atoms with Crippen LogP contribution in [0.2, 0.25) is 0 Å². The Morgan fingerprint density at radius 1 is 1.06 bits per heavy atom. The number of ether oxygens (including phenoxy) is 5. The molecule has 3 aliphatic heterocycles. The largest absolute Gasteiger partial charge is 0.462 e. The van der Waals surface area contributed by atoms with Crippen LogP contribution in [0.5, 0.6) is 0 Å². The van der Waals surface area contributed by atoms with Crippen molar-refractivity contribution in [3.8, 4) is 0 Å². The number of rotatable bonds is 4. The standard InChI is InChI=1S/C25H32O11/c1-11-9-16-22(30)8-7-15(29)17-18(22)25(35-21(17,5)6)23(31,10-32-12(2)26)20(34-14(4)28)24(16,36-25)19(11)33-13(3)27/h9,16-20,30-31H,7-8,10H2,1-6H3. The summed E-state index contributed by atoms with van der Waals surface area (Å²) in [5.74, 6) is -7.38. The summed E-state index contributed by atoms with van der Waals surface area (Å²) in [7, 11) is 0. The maximum absolute atomic E-state index is 13.3. The maximum atomic E-state index is 13.3. The van der Waals surface area contributed by atoms with Gasteiger partial charge in [-0.2, -0.15) is 0 Å². The molecule has 4 fully saturated rings. The van der Waals surface area contributed by atoms with E-state index in [9.17, 15) is 29.4 Å². The van der Waals surface area contributed by atoms with E-state index in [2.05, 4.69) is 0 Å². The van der Waals surface area contributed by atoms with Gasteiger partial charge in [0.25, 0.3) is 0 Å². The smallest absolute Gasteiger partial charge is 0.303 e. The molecule has 2 aliphatic carbocycles. The Kier molecular flexibility index (Phi) is 5.18. The van der Waals surface area contributed by atoms with Crippen molar-refractivity contribution in [1.82, 2.24) is 0 Å². The molecule has 0 aromatic rings. The van der Waals surface area contributed by atoms with E-state index in [4.69, 9.17) is 23.7 Å². The van der Waals surface area contributed by atoms with Gasteiger partial charge in [0, 0.05) is 33.1 Å². The van der Waals surface area contributed by atoms with Gasteiger partial charge in [-0.05, 0) is 32.8 Å². The van der Waals surface area contributed by atoms with Crippen LogP contribution in [-0.2, 0) is 42.9 Å². The average Bonchev–Trinajstić information content (AvgIpc) is 3.24. The molecule has 0 aromatic heterocycles. The van der Waals surface area contributed by atoms with Gasteiger partial charge in [0.2, 0.25) is 5.79 Å². The molecule has 5 aliphatic rings. The van der Waals surface area contributed by atoms with Gasteiger partial charge in [-0.25, -0.2) is 0 Å². The molecule has 0 radical (unpaired) electrons. The zero-order valence-corrected chi connectivity index (χ0v) is 21.2. The molecule has 9 atom stereocenters. The van der Waals surface area contributed by atoms with Gasteiger partial charge in [-0.1, -0.05) is 6.08 Å². The Bertz CT molecular complexity index is 1100. The van der Waals surface area contributed by atoms with Gasteiger partial charge >= 0.3 is 17.9 Å². The lowest BCUT2D eigenvalue weighted by Crippen LogP contribution is -2.71. The molecular formula is C25H32O11. The fourth-order valence-electron chi connectivity index (χ4n) is 7.76. The summed E-state index contributed by atoms with van der Waals surface area (Å²) in [4.78, 5) is 49.7. The monoisotopic (exact) mass is 508 g/mol. The number of aliphatic hydroxyl groups is 2. The zero-order valence-electron chi connectivity index (χ0n) is 21.2. The van der Waals surface area contributed by atoms with Gasteiger partial charge in [0.05, 0.1) is 23.0 Å². The van der Waals surface area contributed by atoms with Crippen molar-refractivity contribution in [3.63, 3.8) is 0 Å². The Hall–Kier alpha value is -2.34. The van der Waals surface area contributed by atoms with E-state index < -0.39 is 82.7 Å². The first kappa shape index (κ1) is 25.3. The molecule has 0 aromatic carbocycles. The van der Waals surface area contributed by atoms with Crippen LogP contribution in [0, 0.1) is 17.8 Å². The van der Waals surface area contributed by atoms with E-state index in [1.807, 2.05) is 0 Å². The predicted octanol–water partition coefficient (Wildman–Crippen LogP) is 0.334. The minimum absolute atomic E-state index is 0.0248. The number of carbonyl (C=O) groups excluding carboxylic acids is 4. The number of hydrogen-bond donors (Lipinski definition) is 2. The summed E-state index contributed by atoms with van der Waals surface area (Å²) in [6.45, 7) is 7.79. The highest BCUT2D eigenvalue weighted by atomic mass is 16.8. The molecule has 11 nitrogen and oxygen atoms in total. The lowest BCUT2D eigenvalue weighted by atomic mass is 9.56. The lowest BCUT2D eigenvalue weighted by molar-refractivity contribution is -0.379. The number of esters is 3. The number of ketones is 1. The predicted molar refractivity (Wildman–Crippen MR) is 118 cm³/mol. The molecule has 2 bridgehead atoms. The minimum Gasteiger partial charge on any atom is -0.462 e. The molecular weight excluding hydrogens is 476 g/mol. The fraction of sp³-hybridized carbons (Fsp3) is 0.760. The van der Waals surface area contributed by atoms with Crippen LogP contribution in [0.1, 0.15) is 54.4 Å². The van der Waals surface area contributed by atoms with Crippen LogP contribution in [0.3, 0.4) is 0 Å². The average molecular weight is 509 g/mol. The molecule has 0 amide bonds. The van der Waals surface area contributed by atoms with Gasteiger partial charge in [-0.3, -0.25) is 19.2 Å². The molecule has 2 N–H and O–H groups in total. The summed E-state index contributed by atoms with van der Waals surface area (Å²) in [6, 6.07) is 0. The lowest BCUT2D eigenvalue weighted by Gasteiger charge is -2.56. The van der Waals surface area contributed by atoms with Crippen molar-refractivity contribution < 1.29 is 53.1 Å². The third-order valence-corrected chi connectivity index (χ3v) is 8.68. The van der Waals surface area contributed by atoms with E-state index in [0.717, 1.165) is 13.8 Å². The molecule has 3 heterocycles. The first-order chi connectivity index (χ1) is 16.6. The Balaban J connectivity index is 1.83. The third-order valence-electron chi connectivity index (χ3n) is 8.68. The molecule has 1 saturated carbocycles. The molecule has 3 saturated heterocycles. The Morgan fingerprint density at radius 2 is 1.69 bits per heavy atom. The van der Waals surface area contributed by atoms with Gasteiger partial charge < -0.3 is 33.9 Å². The van der Waals surface area contributed by atoms with E-state index in [1.54, 1.807) is 26.8 Å². The van der Waals surface area contributed by atoms with Crippen LogP contribution >= 0.6 is 0 Å². The van der Waals surface area contributed by atoms with E-state index in [1.165, 1.54) is 6.92 Å². The quantitative estimate of drug-likeness (QED) is 0.307. The van der Waals surface area contributed by atoms with E-state index >= 15 is 0 Å². The molecule has 9 unspecified atom stereocenters. The molecule has 198 valence electrons. The number of carbonyl (C=O) groups is 4. The number of hydrogen-bond acceptors (Lipinski definition) is 11. The Morgan fingerprint density at radius 3 is 2.28 bits per heavy atom. The maximum Gasteiger partial charge on any atom is 0.303 e. The van der Waals surface area contributed by atoms with Crippen molar-refractivity contribution in [2.75, 3.05) is 6.61 Å². The Labute approximate surface area is 208 Å². The first-order valence-corrected chi connectivity index (χ1v) is 12.1. The second-order valence-electron chi connectivity index (χ2n) is 11.3. The highest BCUT2D eigenvalue weighted by Gasteiger charge is 2.92. The second-order valence-corrected chi connectivity index (χ2v) is 11.3. The summed E-state index contributed by atoms with van der Waals surface area (Å²) in [6.07, 6.45) is -0.982. The van der Waals surface area contributed by atoms with Gasteiger partial charge in [-0.15, -0.1) is 0 Å². The van der Waals surface area contributed by atoms with Crippen molar-refractivity contribution in [2.45, 2.75) is 94.8 Å². The second kappa shape index (κ2) is 7.37. The van der Waals surface area contributed by atoms with Crippen LogP contribution in [0.15, 0.2) is 11.6 Å². The van der Waals surface area contributed by atoms with Gasteiger partial charge in [0.1, 0.15) is 12.4 Å². The zero-order chi connectivity index (χ0) is 26.6. The SMILES string of the molecule is CC(=O)OCC1(O)C(OC(C)=O)C23OC14OC(C)(C)C1C(=O)CCC(O)(C2C=C(C)C3OC(C)=O)C14. The van der Waals surface area contributed by atoms with Crippen molar-refractivity contribution >= 4 is 23.7 Å². The summed E-state index contributed by atoms with van der Waals surface area (Å²) >= 11 is 0. The normalized spacial score (nSPS) is 47.5. The highest BCUT2D eigenvalue weighted by Crippen LogP contribution is 2.74.